The van der Waals surface area contributed by atoms with E-state index in [1.54, 1.807) is 12.4 Å². The fourth-order valence-corrected chi connectivity index (χ4v) is 2.45. The molecule has 0 aliphatic carbocycles. The van der Waals surface area contributed by atoms with E-state index in [-0.39, 0.29) is 0 Å². The number of rotatable bonds is 2. The molecule has 1 aliphatic heterocycles. The number of nitrogens with zero attached hydrogens (tertiary/aromatic N) is 5. The molecule has 1 aliphatic rings. The van der Waals surface area contributed by atoms with Crippen LogP contribution in [0.15, 0.2) is 24.7 Å². The Hall–Kier alpha value is -1.82. The summed E-state index contributed by atoms with van der Waals surface area (Å²) in [4.78, 5) is 10.7. The topological polar surface area (TPSA) is 72.9 Å². The van der Waals surface area contributed by atoms with Crippen LogP contribution in [0.2, 0.25) is 5.02 Å². The van der Waals surface area contributed by atoms with Gasteiger partial charge in [0, 0.05) is 19.3 Å². The van der Waals surface area contributed by atoms with E-state index in [1.807, 2.05) is 16.9 Å². The molecule has 0 bridgehead atoms. The molecule has 3 heterocycles. The summed E-state index contributed by atoms with van der Waals surface area (Å²) in [6.45, 7) is 1.82. The van der Waals surface area contributed by atoms with Gasteiger partial charge >= 0.3 is 0 Å². The van der Waals surface area contributed by atoms with Gasteiger partial charge in [0.05, 0.1) is 23.5 Å². The van der Waals surface area contributed by atoms with Gasteiger partial charge in [0.25, 0.3) is 0 Å². The van der Waals surface area contributed by atoms with Crippen molar-refractivity contribution in [1.82, 2.24) is 19.7 Å². The Morgan fingerprint density at radius 1 is 1.21 bits per heavy atom. The third kappa shape index (κ3) is 2.63. The Morgan fingerprint density at radius 2 is 1.89 bits per heavy atom. The quantitative estimate of drug-likeness (QED) is 0.906. The average molecular weight is 279 g/mol. The molecule has 0 atom stereocenters. The van der Waals surface area contributed by atoms with Gasteiger partial charge in [0.2, 0.25) is 5.95 Å². The minimum absolute atomic E-state index is 0.404. The number of aromatic nitrogens is 4. The van der Waals surface area contributed by atoms with Crippen LogP contribution in [0, 0.1) is 0 Å². The lowest BCUT2D eigenvalue weighted by atomic mass is 10.1. The fourth-order valence-electron chi connectivity index (χ4n) is 2.36. The first-order valence-electron chi connectivity index (χ1n) is 6.25. The molecule has 19 heavy (non-hydrogen) atoms. The Labute approximate surface area is 116 Å². The predicted molar refractivity (Wildman–Crippen MR) is 74.2 cm³/mol. The molecule has 0 saturated carbocycles. The molecule has 2 N–H and O–H groups in total. The maximum Gasteiger partial charge on any atom is 0.225 e. The smallest absolute Gasteiger partial charge is 0.225 e. The molecule has 0 amide bonds. The van der Waals surface area contributed by atoms with E-state index >= 15 is 0 Å². The number of nitrogens with two attached hydrogens (primary N) is 1. The van der Waals surface area contributed by atoms with Crippen LogP contribution in [0.1, 0.15) is 18.9 Å². The standard InChI is InChI=1S/C12H15ClN6/c13-9-7-15-12(16-8-9)18-4-1-10(2-5-18)19-6-3-11(14)17-19/h3,6-8,10H,1-2,4-5H2,(H2,14,17). The van der Waals surface area contributed by atoms with Gasteiger partial charge in [-0.05, 0) is 18.9 Å². The summed E-state index contributed by atoms with van der Waals surface area (Å²) in [5, 5.41) is 4.83. The zero-order valence-corrected chi connectivity index (χ0v) is 11.2. The lowest BCUT2D eigenvalue weighted by Crippen LogP contribution is -2.35. The van der Waals surface area contributed by atoms with Crippen molar-refractivity contribution in [2.45, 2.75) is 18.9 Å². The highest BCUT2D eigenvalue weighted by molar-refractivity contribution is 6.30. The van der Waals surface area contributed by atoms with Crippen molar-refractivity contribution in [3.8, 4) is 0 Å². The molecular formula is C12H15ClN6. The lowest BCUT2D eigenvalue weighted by Gasteiger charge is -2.31. The molecule has 0 radical (unpaired) electrons. The van der Waals surface area contributed by atoms with Crippen LogP contribution in [-0.4, -0.2) is 32.8 Å². The Morgan fingerprint density at radius 3 is 2.47 bits per heavy atom. The van der Waals surface area contributed by atoms with Crippen LogP contribution in [0.4, 0.5) is 11.8 Å². The predicted octanol–water partition coefficient (Wildman–Crippen LogP) is 1.75. The van der Waals surface area contributed by atoms with Crippen LogP contribution < -0.4 is 10.6 Å². The van der Waals surface area contributed by atoms with E-state index in [1.165, 1.54) is 0 Å². The summed E-state index contributed by atoms with van der Waals surface area (Å²) in [5.41, 5.74) is 5.64. The molecule has 0 unspecified atom stereocenters. The summed E-state index contributed by atoms with van der Waals surface area (Å²) < 4.78 is 1.95. The van der Waals surface area contributed by atoms with Crippen molar-refractivity contribution in [2.75, 3.05) is 23.7 Å². The van der Waals surface area contributed by atoms with E-state index in [9.17, 15) is 0 Å². The van der Waals surface area contributed by atoms with E-state index in [0.29, 0.717) is 16.9 Å². The molecular weight excluding hydrogens is 264 g/mol. The van der Waals surface area contributed by atoms with Gasteiger partial charge in [-0.1, -0.05) is 11.6 Å². The molecule has 2 aromatic heterocycles. The van der Waals surface area contributed by atoms with Crippen molar-refractivity contribution >= 4 is 23.4 Å². The van der Waals surface area contributed by atoms with Crippen molar-refractivity contribution < 1.29 is 0 Å². The van der Waals surface area contributed by atoms with Gasteiger partial charge in [-0.2, -0.15) is 5.10 Å². The minimum atomic E-state index is 0.404. The number of piperidine rings is 1. The number of hydrogen-bond acceptors (Lipinski definition) is 5. The monoisotopic (exact) mass is 278 g/mol. The van der Waals surface area contributed by atoms with Crippen molar-refractivity contribution in [2.24, 2.45) is 0 Å². The summed E-state index contributed by atoms with van der Waals surface area (Å²) >= 11 is 5.79. The van der Waals surface area contributed by atoms with Crippen LogP contribution >= 0.6 is 11.6 Å². The molecule has 100 valence electrons. The molecule has 0 spiro atoms. The Bertz CT molecular complexity index is 544. The largest absolute Gasteiger partial charge is 0.382 e. The zero-order chi connectivity index (χ0) is 13.2. The van der Waals surface area contributed by atoms with Gasteiger partial charge < -0.3 is 10.6 Å². The summed E-state index contributed by atoms with van der Waals surface area (Å²) in [5.74, 6) is 1.31. The SMILES string of the molecule is Nc1ccn(C2CCN(c3ncc(Cl)cn3)CC2)n1. The van der Waals surface area contributed by atoms with Gasteiger partial charge in [-0.3, -0.25) is 4.68 Å². The van der Waals surface area contributed by atoms with Gasteiger partial charge in [-0.15, -0.1) is 0 Å². The molecule has 1 fully saturated rings. The van der Waals surface area contributed by atoms with Crippen molar-refractivity contribution in [3.63, 3.8) is 0 Å². The third-order valence-corrected chi connectivity index (χ3v) is 3.55. The molecule has 1 saturated heterocycles. The molecule has 0 aromatic carbocycles. The molecule has 2 aromatic rings. The maximum absolute atomic E-state index is 5.79. The van der Waals surface area contributed by atoms with E-state index in [0.717, 1.165) is 31.9 Å². The Balaban J connectivity index is 1.64. The molecule has 3 rings (SSSR count). The number of anilines is 2. The molecule has 7 heteroatoms. The highest BCUT2D eigenvalue weighted by Gasteiger charge is 2.22. The second-order valence-corrected chi connectivity index (χ2v) is 5.08. The summed E-state index contributed by atoms with van der Waals surface area (Å²) in [7, 11) is 0. The van der Waals surface area contributed by atoms with E-state index < -0.39 is 0 Å². The first-order chi connectivity index (χ1) is 9.22. The lowest BCUT2D eigenvalue weighted by molar-refractivity contribution is 0.365. The number of halogens is 1. The van der Waals surface area contributed by atoms with Crippen LogP contribution in [0.3, 0.4) is 0 Å². The van der Waals surface area contributed by atoms with Crippen LogP contribution in [0.25, 0.3) is 0 Å². The number of nitrogen functional groups attached to an aromatic ring is 1. The van der Waals surface area contributed by atoms with Crippen LogP contribution in [0.5, 0.6) is 0 Å². The third-order valence-electron chi connectivity index (χ3n) is 3.36. The maximum atomic E-state index is 5.79. The Kier molecular flexibility index (Phi) is 3.25. The first-order valence-corrected chi connectivity index (χ1v) is 6.63. The van der Waals surface area contributed by atoms with Crippen LogP contribution in [-0.2, 0) is 0 Å². The fraction of sp³-hybridized carbons (Fsp3) is 0.417. The second-order valence-electron chi connectivity index (χ2n) is 4.64. The molecule has 6 nitrogen and oxygen atoms in total. The van der Waals surface area contributed by atoms with Gasteiger partial charge in [0.1, 0.15) is 5.82 Å². The first kappa shape index (κ1) is 12.2. The van der Waals surface area contributed by atoms with Gasteiger partial charge in [-0.25, -0.2) is 9.97 Å². The van der Waals surface area contributed by atoms with E-state index in [4.69, 9.17) is 17.3 Å². The normalized spacial score (nSPS) is 16.8. The second kappa shape index (κ2) is 5.05. The summed E-state index contributed by atoms with van der Waals surface area (Å²) in [6, 6.07) is 2.23. The van der Waals surface area contributed by atoms with Crippen molar-refractivity contribution in [3.05, 3.63) is 29.7 Å². The average Bonchev–Trinajstić information content (AvgIpc) is 2.87. The highest BCUT2D eigenvalue weighted by atomic mass is 35.5. The zero-order valence-electron chi connectivity index (χ0n) is 10.4. The van der Waals surface area contributed by atoms with Gasteiger partial charge in [0.15, 0.2) is 0 Å². The minimum Gasteiger partial charge on any atom is -0.382 e. The number of hydrogen-bond donors (Lipinski definition) is 1. The van der Waals surface area contributed by atoms with Crippen molar-refractivity contribution in [1.29, 1.82) is 0 Å². The summed E-state index contributed by atoms with van der Waals surface area (Å²) in [6.07, 6.45) is 7.21. The van der Waals surface area contributed by atoms with E-state index in [2.05, 4.69) is 20.0 Å². The highest BCUT2D eigenvalue weighted by Crippen LogP contribution is 2.24.